The molecule has 80 valence electrons. The van der Waals surface area contributed by atoms with Gasteiger partial charge < -0.3 is 5.73 Å². The molecule has 0 aliphatic carbocycles. The van der Waals surface area contributed by atoms with Gasteiger partial charge in [0.15, 0.2) is 0 Å². The fourth-order valence-electron chi connectivity index (χ4n) is 2.03. The van der Waals surface area contributed by atoms with Gasteiger partial charge in [-0.3, -0.25) is 9.69 Å². The smallest absolute Gasteiger partial charge is 0.234 e. The fraction of sp³-hybridized carbons (Fsp3) is 0.417. The number of fused-ring (bicyclic) bond motifs is 1. The van der Waals surface area contributed by atoms with Crippen LogP contribution in [0.1, 0.15) is 18.1 Å². The lowest BCUT2D eigenvalue weighted by Crippen LogP contribution is -2.44. The van der Waals surface area contributed by atoms with E-state index in [1.165, 1.54) is 11.1 Å². The third-order valence-corrected chi connectivity index (χ3v) is 3.12. The van der Waals surface area contributed by atoms with E-state index in [2.05, 4.69) is 23.1 Å². The summed E-state index contributed by atoms with van der Waals surface area (Å²) in [5.41, 5.74) is 8.02. The fourth-order valence-corrected chi connectivity index (χ4v) is 2.03. The predicted octanol–water partition coefficient (Wildman–Crippen LogP) is 0.918. The summed E-state index contributed by atoms with van der Waals surface area (Å²) in [7, 11) is 0. The zero-order chi connectivity index (χ0) is 10.8. The van der Waals surface area contributed by atoms with Gasteiger partial charge in [-0.15, -0.1) is 0 Å². The SMILES string of the molecule is C[C@H](C(N)=O)N1CCc2ccccc2C1. The van der Waals surface area contributed by atoms with Crippen molar-refractivity contribution in [3.63, 3.8) is 0 Å². The summed E-state index contributed by atoms with van der Waals surface area (Å²) in [6.07, 6.45) is 1.01. The maximum absolute atomic E-state index is 11.1. The number of benzene rings is 1. The largest absolute Gasteiger partial charge is 0.368 e. The molecule has 1 aliphatic rings. The lowest BCUT2D eigenvalue weighted by atomic mass is 9.99. The third-order valence-electron chi connectivity index (χ3n) is 3.12. The Morgan fingerprint density at radius 1 is 1.40 bits per heavy atom. The molecule has 1 amide bonds. The van der Waals surface area contributed by atoms with Crippen molar-refractivity contribution in [3.8, 4) is 0 Å². The van der Waals surface area contributed by atoms with Crippen LogP contribution < -0.4 is 5.73 Å². The van der Waals surface area contributed by atoms with Gasteiger partial charge in [-0.05, 0) is 24.5 Å². The molecule has 1 aromatic carbocycles. The minimum atomic E-state index is -0.241. The predicted molar refractivity (Wildman–Crippen MR) is 59.2 cm³/mol. The van der Waals surface area contributed by atoms with E-state index in [0.29, 0.717) is 0 Å². The zero-order valence-electron chi connectivity index (χ0n) is 8.94. The summed E-state index contributed by atoms with van der Waals surface area (Å²) in [6.45, 7) is 3.62. The number of amides is 1. The summed E-state index contributed by atoms with van der Waals surface area (Å²) >= 11 is 0. The van der Waals surface area contributed by atoms with Gasteiger partial charge in [0.05, 0.1) is 6.04 Å². The van der Waals surface area contributed by atoms with Crippen molar-refractivity contribution in [2.45, 2.75) is 25.9 Å². The highest BCUT2D eigenvalue weighted by Gasteiger charge is 2.23. The van der Waals surface area contributed by atoms with E-state index in [1.54, 1.807) is 0 Å². The van der Waals surface area contributed by atoms with E-state index in [0.717, 1.165) is 19.5 Å². The summed E-state index contributed by atoms with van der Waals surface area (Å²) in [5.74, 6) is -0.241. The summed E-state index contributed by atoms with van der Waals surface area (Å²) < 4.78 is 0. The summed E-state index contributed by atoms with van der Waals surface area (Å²) in [6, 6.07) is 8.21. The summed E-state index contributed by atoms with van der Waals surface area (Å²) in [5, 5.41) is 0. The van der Waals surface area contributed by atoms with Crippen LogP contribution in [0.4, 0.5) is 0 Å². The first-order valence-electron chi connectivity index (χ1n) is 5.28. The standard InChI is InChI=1S/C12H16N2O/c1-9(12(13)15)14-7-6-10-4-2-3-5-11(10)8-14/h2-5,9H,6-8H2,1H3,(H2,13,15)/t9-/m1/s1. The van der Waals surface area contributed by atoms with E-state index in [9.17, 15) is 4.79 Å². The molecule has 0 saturated heterocycles. The quantitative estimate of drug-likeness (QED) is 0.778. The van der Waals surface area contributed by atoms with Crippen molar-refractivity contribution >= 4 is 5.91 Å². The molecule has 3 nitrogen and oxygen atoms in total. The van der Waals surface area contributed by atoms with Crippen molar-refractivity contribution in [2.24, 2.45) is 5.73 Å². The van der Waals surface area contributed by atoms with Crippen LogP contribution in [-0.4, -0.2) is 23.4 Å². The Balaban J connectivity index is 2.15. The van der Waals surface area contributed by atoms with Gasteiger partial charge in [0.2, 0.25) is 5.91 Å². The van der Waals surface area contributed by atoms with Crippen LogP contribution in [0.25, 0.3) is 0 Å². The molecule has 0 radical (unpaired) electrons. The average Bonchev–Trinajstić information content (AvgIpc) is 2.27. The molecular weight excluding hydrogens is 188 g/mol. The third kappa shape index (κ3) is 2.02. The van der Waals surface area contributed by atoms with Crippen LogP contribution in [0.2, 0.25) is 0 Å². The van der Waals surface area contributed by atoms with Crippen LogP contribution in [0, 0.1) is 0 Å². The first-order chi connectivity index (χ1) is 7.18. The van der Waals surface area contributed by atoms with Crippen LogP contribution in [-0.2, 0) is 17.8 Å². The van der Waals surface area contributed by atoms with Gasteiger partial charge in [0.1, 0.15) is 0 Å². The number of nitrogens with zero attached hydrogens (tertiary/aromatic N) is 1. The average molecular weight is 204 g/mol. The molecule has 1 aliphatic heterocycles. The van der Waals surface area contributed by atoms with E-state index >= 15 is 0 Å². The second-order valence-electron chi connectivity index (χ2n) is 4.07. The van der Waals surface area contributed by atoms with Gasteiger partial charge in [-0.25, -0.2) is 0 Å². The van der Waals surface area contributed by atoms with Crippen molar-refractivity contribution < 1.29 is 4.79 Å². The Bertz CT molecular complexity index is 376. The van der Waals surface area contributed by atoms with Gasteiger partial charge in [-0.2, -0.15) is 0 Å². The van der Waals surface area contributed by atoms with Crippen LogP contribution in [0.5, 0.6) is 0 Å². The number of carbonyl (C=O) groups is 1. The minimum Gasteiger partial charge on any atom is -0.368 e. The minimum absolute atomic E-state index is 0.168. The van der Waals surface area contributed by atoms with E-state index in [1.807, 2.05) is 13.0 Å². The molecule has 0 saturated carbocycles. The highest BCUT2D eigenvalue weighted by molar-refractivity contribution is 5.79. The lowest BCUT2D eigenvalue weighted by molar-refractivity contribution is -0.123. The monoisotopic (exact) mass is 204 g/mol. The molecule has 1 atom stereocenters. The molecule has 1 aromatic rings. The van der Waals surface area contributed by atoms with Crippen molar-refractivity contribution in [3.05, 3.63) is 35.4 Å². The Kier molecular flexibility index (Phi) is 2.73. The molecule has 3 heteroatoms. The highest BCUT2D eigenvalue weighted by Crippen LogP contribution is 2.19. The Morgan fingerprint density at radius 2 is 2.07 bits per heavy atom. The molecular formula is C12H16N2O. The van der Waals surface area contributed by atoms with E-state index in [4.69, 9.17) is 5.73 Å². The first-order valence-corrected chi connectivity index (χ1v) is 5.28. The topological polar surface area (TPSA) is 46.3 Å². The summed E-state index contributed by atoms with van der Waals surface area (Å²) in [4.78, 5) is 13.2. The number of hydrogen-bond acceptors (Lipinski definition) is 2. The zero-order valence-corrected chi connectivity index (χ0v) is 8.94. The number of carbonyl (C=O) groups excluding carboxylic acids is 1. The Labute approximate surface area is 89.9 Å². The molecule has 0 spiro atoms. The molecule has 0 aromatic heterocycles. The number of nitrogens with two attached hydrogens (primary N) is 1. The second-order valence-corrected chi connectivity index (χ2v) is 4.07. The van der Waals surface area contributed by atoms with Crippen molar-refractivity contribution in [1.29, 1.82) is 0 Å². The molecule has 2 N–H and O–H groups in total. The van der Waals surface area contributed by atoms with Crippen LogP contribution in [0.15, 0.2) is 24.3 Å². The molecule has 0 fully saturated rings. The Hall–Kier alpha value is -1.35. The van der Waals surface area contributed by atoms with E-state index in [-0.39, 0.29) is 11.9 Å². The lowest BCUT2D eigenvalue weighted by Gasteiger charge is -2.31. The first kappa shape index (κ1) is 10.2. The highest BCUT2D eigenvalue weighted by atomic mass is 16.1. The molecule has 1 heterocycles. The van der Waals surface area contributed by atoms with Gasteiger partial charge in [-0.1, -0.05) is 24.3 Å². The maximum Gasteiger partial charge on any atom is 0.234 e. The molecule has 15 heavy (non-hydrogen) atoms. The molecule has 0 bridgehead atoms. The number of primary amides is 1. The molecule has 0 unspecified atom stereocenters. The number of hydrogen-bond donors (Lipinski definition) is 1. The maximum atomic E-state index is 11.1. The number of rotatable bonds is 2. The van der Waals surface area contributed by atoms with Gasteiger partial charge in [0, 0.05) is 13.1 Å². The van der Waals surface area contributed by atoms with Crippen LogP contribution in [0.3, 0.4) is 0 Å². The van der Waals surface area contributed by atoms with Gasteiger partial charge in [0.25, 0.3) is 0 Å². The van der Waals surface area contributed by atoms with Gasteiger partial charge >= 0.3 is 0 Å². The molecule has 2 rings (SSSR count). The van der Waals surface area contributed by atoms with Crippen molar-refractivity contribution in [2.75, 3.05) is 6.54 Å². The van der Waals surface area contributed by atoms with Crippen molar-refractivity contribution in [1.82, 2.24) is 4.90 Å². The van der Waals surface area contributed by atoms with E-state index < -0.39 is 0 Å². The Morgan fingerprint density at radius 3 is 2.73 bits per heavy atom. The van der Waals surface area contributed by atoms with Crippen LogP contribution >= 0.6 is 0 Å². The second kappa shape index (κ2) is 4.03. The normalized spacial score (nSPS) is 18.2.